The summed E-state index contributed by atoms with van der Waals surface area (Å²) >= 11 is 0. The molecule has 0 aromatic heterocycles. The van der Waals surface area contributed by atoms with Gasteiger partial charge in [0.15, 0.2) is 0 Å². The molecule has 2 nitrogen and oxygen atoms in total. The van der Waals surface area contributed by atoms with Gasteiger partial charge in [0.05, 0.1) is 5.92 Å². The zero-order valence-corrected chi connectivity index (χ0v) is 8.55. The molecular weight excluding hydrogens is 162 g/mol. The van der Waals surface area contributed by atoms with E-state index in [1.165, 1.54) is 6.21 Å². The first-order valence-corrected chi connectivity index (χ1v) is 5.00. The van der Waals surface area contributed by atoms with Gasteiger partial charge >= 0.3 is 0 Å². The van der Waals surface area contributed by atoms with E-state index in [1.807, 2.05) is 0 Å². The topological polar surface area (TPSA) is 40.9 Å². The third kappa shape index (κ3) is 0.749. The Morgan fingerprint density at radius 2 is 2.08 bits per heavy atom. The molecule has 2 rings (SSSR count). The summed E-state index contributed by atoms with van der Waals surface area (Å²) in [4.78, 5) is 12.0. The zero-order valence-electron chi connectivity index (χ0n) is 8.55. The molecule has 2 aliphatic carbocycles. The van der Waals surface area contributed by atoms with E-state index in [4.69, 9.17) is 5.41 Å². The van der Waals surface area contributed by atoms with E-state index in [0.29, 0.717) is 11.7 Å². The average molecular weight is 179 g/mol. The Kier molecular flexibility index (Phi) is 1.53. The maximum absolute atomic E-state index is 12.0. The van der Waals surface area contributed by atoms with Crippen LogP contribution in [0.15, 0.2) is 0 Å². The van der Waals surface area contributed by atoms with E-state index >= 15 is 0 Å². The number of Topliss-reactive ketones (excluding diaryl/α,β-unsaturated/α-hetero) is 1. The largest absolute Gasteiger partial charge is 0.312 e. The summed E-state index contributed by atoms with van der Waals surface area (Å²) < 4.78 is 0. The number of carbonyl (C=O) groups excluding carboxylic acids is 1. The fraction of sp³-hybridized carbons (Fsp3) is 0.818. The predicted octanol–water partition coefficient (Wildman–Crippen LogP) is 2.28. The molecule has 0 saturated heterocycles. The molecular formula is C11H17NO. The van der Waals surface area contributed by atoms with Crippen LogP contribution in [0.3, 0.4) is 0 Å². The van der Waals surface area contributed by atoms with Crippen molar-refractivity contribution < 1.29 is 4.79 Å². The molecule has 0 amide bonds. The Balaban J connectivity index is 2.50. The highest BCUT2D eigenvalue weighted by atomic mass is 16.1. The quantitative estimate of drug-likeness (QED) is 0.616. The van der Waals surface area contributed by atoms with Gasteiger partial charge in [-0.25, -0.2) is 0 Å². The Morgan fingerprint density at radius 1 is 1.46 bits per heavy atom. The number of ketones is 1. The van der Waals surface area contributed by atoms with Crippen molar-refractivity contribution in [2.45, 2.75) is 33.6 Å². The highest BCUT2D eigenvalue weighted by Gasteiger charge is 2.65. The summed E-state index contributed by atoms with van der Waals surface area (Å²) in [7, 11) is 0. The van der Waals surface area contributed by atoms with Gasteiger partial charge < -0.3 is 5.41 Å². The molecule has 2 bridgehead atoms. The van der Waals surface area contributed by atoms with Gasteiger partial charge in [-0.2, -0.15) is 0 Å². The van der Waals surface area contributed by atoms with Crippen molar-refractivity contribution >= 4 is 12.0 Å². The number of fused-ring (bicyclic) bond motifs is 2. The van der Waals surface area contributed by atoms with E-state index in [-0.39, 0.29) is 16.7 Å². The average Bonchev–Trinajstić information content (AvgIpc) is 2.36. The number of carbonyl (C=O) groups is 1. The molecule has 2 heteroatoms. The first-order valence-electron chi connectivity index (χ1n) is 5.00. The minimum absolute atomic E-state index is 0.0891. The van der Waals surface area contributed by atoms with Crippen molar-refractivity contribution in [3.8, 4) is 0 Å². The van der Waals surface area contributed by atoms with Gasteiger partial charge in [-0.1, -0.05) is 20.8 Å². The zero-order chi connectivity index (χ0) is 9.85. The van der Waals surface area contributed by atoms with Crippen LogP contribution in [0, 0.1) is 28.1 Å². The highest BCUT2D eigenvalue weighted by Crippen LogP contribution is 2.65. The van der Waals surface area contributed by atoms with Crippen LogP contribution in [0.4, 0.5) is 0 Å². The lowest BCUT2D eigenvalue weighted by Crippen LogP contribution is -2.33. The van der Waals surface area contributed by atoms with E-state index in [2.05, 4.69) is 20.8 Å². The van der Waals surface area contributed by atoms with Gasteiger partial charge in [-0.15, -0.1) is 0 Å². The molecule has 13 heavy (non-hydrogen) atoms. The second-order valence-corrected chi connectivity index (χ2v) is 5.26. The van der Waals surface area contributed by atoms with Crippen LogP contribution >= 0.6 is 0 Å². The van der Waals surface area contributed by atoms with Gasteiger partial charge in [0, 0.05) is 11.6 Å². The van der Waals surface area contributed by atoms with Gasteiger partial charge in [-0.3, -0.25) is 4.79 Å². The monoisotopic (exact) mass is 179 g/mol. The van der Waals surface area contributed by atoms with E-state index in [0.717, 1.165) is 12.8 Å². The second kappa shape index (κ2) is 2.23. The molecule has 2 aliphatic rings. The molecule has 1 N–H and O–H groups in total. The van der Waals surface area contributed by atoms with Crippen molar-refractivity contribution in [2.75, 3.05) is 0 Å². The van der Waals surface area contributed by atoms with Crippen LogP contribution in [0.2, 0.25) is 0 Å². The van der Waals surface area contributed by atoms with Crippen molar-refractivity contribution in [3.05, 3.63) is 0 Å². The Bertz CT molecular complexity index is 282. The van der Waals surface area contributed by atoms with E-state index < -0.39 is 0 Å². The van der Waals surface area contributed by atoms with Gasteiger partial charge in [0.25, 0.3) is 0 Å². The molecule has 0 heterocycles. The third-order valence-electron chi connectivity index (χ3n) is 4.76. The van der Waals surface area contributed by atoms with Crippen molar-refractivity contribution in [1.29, 1.82) is 5.41 Å². The Morgan fingerprint density at radius 3 is 2.38 bits per heavy atom. The van der Waals surface area contributed by atoms with Crippen LogP contribution in [0.25, 0.3) is 0 Å². The van der Waals surface area contributed by atoms with Crippen LogP contribution in [-0.2, 0) is 4.79 Å². The van der Waals surface area contributed by atoms with Gasteiger partial charge in [0.2, 0.25) is 0 Å². The molecule has 72 valence electrons. The van der Waals surface area contributed by atoms with Crippen LogP contribution in [-0.4, -0.2) is 12.0 Å². The Labute approximate surface area is 79.2 Å². The smallest absolute Gasteiger partial charge is 0.147 e. The van der Waals surface area contributed by atoms with Crippen molar-refractivity contribution in [3.63, 3.8) is 0 Å². The third-order valence-corrected chi connectivity index (χ3v) is 4.76. The lowest BCUT2D eigenvalue weighted by atomic mass is 9.70. The summed E-state index contributed by atoms with van der Waals surface area (Å²) in [5, 5.41) is 7.30. The summed E-state index contributed by atoms with van der Waals surface area (Å²) in [5.74, 6) is 0.639. The number of hydrogen-bond acceptors (Lipinski definition) is 2. The van der Waals surface area contributed by atoms with Crippen molar-refractivity contribution in [1.82, 2.24) is 0 Å². The molecule has 0 aromatic carbocycles. The van der Waals surface area contributed by atoms with E-state index in [9.17, 15) is 4.79 Å². The van der Waals surface area contributed by atoms with Crippen LogP contribution < -0.4 is 0 Å². The molecule has 2 saturated carbocycles. The Hall–Kier alpha value is -0.660. The minimum Gasteiger partial charge on any atom is -0.312 e. The normalized spacial score (nSPS) is 46.8. The predicted molar refractivity (Wildman–Crippen MR) is 51.9 cm³/mol. The second-order valence-electron chi connectivity index (χ2n) is 5.26. The molecule has 0 aromatic rings. The fourth-order valence-corrected chi connectivity index (χ4v) is 3.35. The fourth-order valence-electron chi connectivity index (χ4n) is 3.35. The molecule has 0 unspecified atom stereocenters. The summed E-state index contributed by atoms with van der Waals surface area (Å²) in [6.07, 6.45) is 3.50. The number of rotatable bonds is 1. The highest BCUT2D eigenvalue weighted by molar-refractivity contribution is 6.01. The summed E-state index contributed by atoms with van der Waals surface area (Å²) in [6, 6.07) is 0. The minimum atomic E-state index is -0.153. The number of nitrogens with one attached hydrogen (secondary N) is 1. The molecule has 0 aliphatic heterocycles. The van der Waals surface area contributed by atoms with Crippen LogP contribution in [0.5, 0.6) is 0 Å². The van der Waals surface area contributed by atoms with Gasteiger partial charge in [0.1, 0.15) is 5.78 Å². The summed E-state index contributed by atoms with van der Waals surface area (Å²) in [6.45, 7) is 6.46. The maximum atomic E-state index is 12.0. The summed E-state index contributed by atoms with van der Waals surface area (Å²) in [5.41, 5.74) is -0.0494. The SMILES string of the molecule is CC1(C)[C@@H]2CC[C@]1(C)C(=O)[C@H]2C=N. The first kappa shape index (κ1) is 8.92. The first-order chi connectivity index (χ1) is 5.95. The lowest BCUT2D eigenvalue weighted by molar-refractivity contribution is -0.129. The lowest BCUT2D eigenvalue weighted by Gasteiger charge is -2.32. The van der Waals surface area contributed by atoms with E-state index in [1.54, 1.807) is 0 Å². The standard InChI is InChI=1S/C11H17NO/c1-10(2)8-4-5-11(10,3)9(13)7(8)6-12/h6-8,12H,4-5H2,1-3H3/t7-,8+,11+/m0/s1. The van der Waals surface area contributed by atoms with Crippen LogP contribution in [0.1, 0.15) is 33.6 Å². The maximum Gasteiger partial charge on any atom is 0.147 e. The molecule has 2 fully saturated rings. The molecule has 0 spiro atoms. The molecule has 0 radical (unpaired) electrons. The molecule has 3 atom stereocenters. The van der Waals surface area contributed by atoms with Crippen molar-refractivity contribution in [2.24, 2.45) is 22.7 Å². The number of hydrogen-bond donors (Lipinski definition) is 1. The van der Waals surface area contributed by atoms with Gasteiger partial charge in [-0.05, 0) is 24.2 Å².